The number of fused-ring (bicyclic) bond motifs is 5. The number of ether oxygens (including phenoxy) is 1. The predicted molar refractivity (Wildman–Crippen MR) is 124 cm³/mol. The first-order valence-electron chi connectivity index (χ1n) is 13.0. The number of hydrogen-bond acceptors (Lipinski definition) is 2. The van der Waals surface area contributed by atoms with Crippen molar-refractivity contribution < 1.29 is 9.53 Å². The maximum absolute atomic E-state index is 11.5. The molecule has 0 bridgehead atoms. The minimum Gasteiger partial charge on any atom is -0.463 e. The van der Waals surface area contributed by atoms with Gasteiger partial charge >= 0.3 is 5.97 Å². The summed E-state index contributed by atoms with van der Waals surface area (Å²) in [5, 5.41) is 0. The van der Waals surface area contributed by atoms with Crippen LogP contribution in [0.3, 0.4) is 0 Å². The zero-order valence-corrected chi connectivity index (χ0v) is 20.5. The van der Waals surface area contributed by atoms with E-state index in [2.05, 4.69) is 46.8 Å². The van der Waals surface area contributed by atoms with E-state index in [9.17, 15) is 4.79 Å². The molecule has 0 heterocycles. The third kappa shape index (κ3) is 3.79. The highest BCUT2D eigenvalue weighted by Gasteiger charge is 2.60. The van der Waals surface area contributed by atoms with Gasteiger partial charge in [-0.05, 0) is 110 Å². The maximum Gasteiger partial charge on any atom is 0.302 e. The molecule has 0 amide bonds. The Bertz CT molecular complexity index is 666. The topological polar surface area (TPSA) is 26.3 Å². The molecule has 4 saturated carbocycles. The molecule has 2 nitrogen and oxygen atoms in total. The monoisotopic (exact) mass is 414 g/mol. The van der Waals surface area contributed by atoms with Gasteiger partial charge < -0.3 is 4.74 Å². The van der Waals surface area contributed by atoms with E-state index in [1.807, 2.05) is 0 Å². The Labute approximate surface area is 185 Å². The second-order valence-electron chi connectivity index (χ2n) is 12.4. The number of carbonyl (C=O) groups excluding carboxylic acids is 1. The van der Waals surface area contributed by atoms with Gasteiger partial charge in [-0.3, -0.25) is 4.79 Å². The van der Waals surface area contributed by atoms with E-state index < -0.39 is 0 Å². The normalized spacial score (nSPS) is 46.9. The van der Waals surface area contributed by atoms with E-state index in [0.717, 1.165) is 42.4 Å². The van der Waals surface area contributed by atoms with E-state index in [1.165, 1.54) is 44.9 Å². The maximum atomic E-state index is 11.5. The van der Waals surface area contributed by atoms with Crippen LogP contribution >= 0.6 is 0 Å². The van der Waals surface area contributed by atoms with Gasteiger partial charge in [0.1, 0.15) is 6.10 Å². The van der Waals surface area contributed by atoms with Crippen molar-refractivity contribution in [2.24, 2.45) is 52.3 Å². The molecule has 4 aliphatic carbocycles. The summed E-state index contributed by atoms with van der Waals surface area (Å²) in [6, 6.07) is 0. The largest absolute Gasteiger partial charge is 0.463 e. The summed E-state index contributed by atoms with van der Waals surface area (Å²) in [7, 11) is 0. The summed E-state index contributed by atoms with van der Waals surface area (Å²) in [6.45, 7) is 13.9. The Morgan fingerprint density at radius 3 is 2.30 bits per heavy atom. The van der Waals surface area contributed by atoms with Gasteiger partial charge in [0, 0.05) is 6.92 Å². The van der Waals surface area contributed by atoms with Gasteiger partial charge in [0.15, 0.2) is 0 Å². The second-order valence-corrected chi connectivity index (χ2v) is 12.4. The molecule has 0 saturated heterocycles. The highest BCUT2D eigenvalue weighted by Crippen LogP contribution is 2.68. The van der Waals surface area contributed by atoms with Crippen LogP contribution in [0.2, 0.25) is 0 Å². The van der Waals surface area contributed by atoms with E-state index >= 15 is 0 Å². The zero-order valence-electron chi connectivity index (χ0n) is 20.5. The van der Waals surface area contributed by atoms with Gasteiger partial charge in [-0.1, -0.05) is 46.8 Å². The Balaban J connectivity index is 1.49. The smallest absolute Gasteiger partial charge is 0.302 e. The van der Waals surface area contributed by atoms with Crippen molar-refractivity contribution in [3.05, 3.63) is 12.2 Å². The second kappa shape index (κ2) is 8.28. The van der Waals surface area contributed by atoms with Crippen LogP contribution in [-0.4, -0.2) is 12.1 Å². The quantitative estimate of drug-likeness (QED) is 0.353. The van der Waals surface area contributed by atoms with Crippen molar-refractivity contribution in [3.8, 4) is 0 Å². The average Bonchev–Trinajstić information content (AvgIpc) is 3.03. The fraction of sp³-hybridized carbons (Fsp3) is 0.893. The Hall–Kier alpha value is -0.790. The first-order valence-corrected chi connectivity index (χ1v) is 13.0. The number of rotatable bonds is 4. The van der Waals surface area contributed by atoms with Crippen LogP contribution in [0.1, 0.15) is 99.3 Å². The van der Waals surface area contributed by atoms with Crippen molar-refractivity contribution in [1.82, 2.24) is 0 Å². The van der Waals surface area contributed by atoms with Gasteiger partial charge in [0.25, 0.3) is 0 Å². The fourth-order valence-corrected chi connectivity index (χ4v) is 9.00. The molecule has 0 radical (unpaired) electrons. The number of hydrogen-bond donors (Lipinski definition) is 0. The number of allylic oxidation sites excluding steroid dienone is 2. The Morgan fingerprint density at radius 2 is 1.60 bits per heavy atom. The first kappa shape index (κ1) is 22.4. The van der Waals surface area contributed by atoms with Crippen molar-refractivity contribution in [1.29, 1.82) is 0 Å². The SMILES string of the molecule is CC(=O)O[C@@H]1CC[C@@]2(C)[C@@H](CC[C@@H]3[C@@H]2CC[C@@]2(C)[C@@H]([C@@H](C)C=CC(C)C)CC[C@@H]32)C1. The fourth-order valence-electron chi connectivity index (χ4n) is 9.00. The van der Waals surface area contributed by atoms with E-state index in [1.54, 1.807) is 6.92 Å². The standard InChI is InChI=1S/C28H46O2/c1-18(2)7-8-19(3)24-11-12-25-23-10-9-21-17-22(30-20(4)29)13-15-27(21,5)26(23)14-16-28(24,25)6/h7-8,18-19,21-26H,9-17H2,1-6H3/t19-,21-,22+,23-,24+,25-,26-,27-,28-/m0/s1. The molecule has 0 aromatic heterocycles. The molecule has 0 unspecified atom stereocenters. The molecule has 0 aromatic rings. The van der Waals surface area contributed by atoms with Crippen molar-refractivity contribution in [2.45, 2.75) is 105 Å². The Kier molecular flexibility index (Phi) is 6.19. The molecule has 4 rings (SSSR count). The summed E-state index contributed by atoms with van der Waals surface area (Å²) in [5.74, 6) is 5.66. The molecule has 170 valence electrons. The summed E-state index contributed by atoms with van der Waals surface area (Å²) in [6.07, 6.45) is 17.1. The molecular formula is C28H46O2. The predicted octanol–water partition coefficient (Wildman–Crippen LogP) is 7.43. The van der Waals surface area contributed by atoms with Gasteiger partial charge in [-0.25, -0.2) is 0 Å². The van der Waals surface area contributed by atoms with Crippen LogP contribution in [0.4, 0.5) is 0 Å². The molecular weight excluding hydrogens is 368 g/mol. The minimum absolute atomic E-state index is 0.0941. The Morgan fingerprint density at radius 1 is 0.900 bits per heavy atom. The molecule has 30 heavy (non-hydrogen) atoms. The summed E-state index contributed by atoms with van der Waals surface area (Å²) in [4.78, 5) is 11.5. The minimum atomic E-state index is -0.0941. The molecule has 0 aliphatic heterocycles. The molecule has 4 aliphatic rings. The van der Waals surface area contributed by atoms with Crippen LogP contribution in [-0.2, 0) is 9.53 Å². The summed E-state index contributed by atoms with van der Waals surface area (Å²) in [5.41, 5.74) is 1.02. The van der Waals surface area contributed by atoms with Crippen molar-refractivity contribution in [2.75, 3.05) is 0 Å². The lowest BCUT2D eigenvalue weighted by Crippen LogP contribution is -2.54. The number of carbonyl (C=O) groups is 1. The van der Waals surface area contributed by atoms with Crippen LogP contribution in [0.15, 0.2) is 12.2 Å². The molecule has 0 aromatic carbocycles. The molecule has 2 heteroatoms. The lowest BCUT2D eigenvalue weighted by Gasteiger charge is -2.61. The molecule has 9 atom stereocenters. The lowest BCUT2D eigenvalue weighted by atomic mass is 9.44. The first-order chi connectivity index (χ1) is 14.1. The third-order valence-corrected chi connectivity index (χ3v) is 10.5. The van der Waals surface area contributed by atoms with Gasteiger partial charge in [0.2, 0.25) is 0 Å². The van der Waals surface area contributed by atoms with Crippen LogP contribution in [0, 0.1) is 52.3 Å². The van der Waals surface area contributed by atoms with E-state index in [4.69, 9.17) is 4.74 Å². The zero-order chi connectivity index (χ0) is 21.7. The van der Waals surface area contributed by atoms with Gasteiger partial charge in [-0.15, -0.1) is 0 Å². The highest BCUT2D eigenvalue weighted by molar-refractivity contribution is 5.66. The molecule has 0 spiro atoms. The number of esters is 1. The van der Waals surface area contributed by atoms with Gasteiger partial charge in [-0.2, -0.15) is 0 Å². The molecule has 4 fully saturated rings. The summed E-state index contributed by atoms with van der Waals surface area (Å²) < 4.78 is 5.64. The van der Waals surface area contributed by atoms with E-state index in [0.29, 0.717) is 22.7 Å². The highest BCUT2D eigenvalue weighted by atomic mass is 16.5. The van der Waals surface area contributed by atoms with E-state index in [-0.39, 0.29) is 12.1 Å². The van der Waals surface area contributed by atoms with Crippen LogP contribution in [0.5, 0.6) is 0 Å². The third-order valence-electron chi connectivity index (χ3n) is 10.5. The lowest BCUT2D eigenvalue weighted by molar-refractivity contribution is -0.160. The van der Waals surface area contributed by atoms with Crippen LogP contribution in [0.25, 0.3) is 0 Å². The van der Waals surface area contributed by atoms with Crippen LogP contribution < -0.4 is 0 Å². The van der Waals surface area contributed by atoms with Gasteiger partial charge in [0.05, 0.1) is 0 Å². The summed E-state index contributed by atoms with van der Waals surface area (Å²) >= 11 is 0. The van der Waals surface area contributed by atoms with Crippen molar-refractivity contribution >= 4 is 5.97 Å². The molecule has 0 N–H and O–H groups in total. The average molecular weight is 415 g/mol. The van der Waals surface area contributed by atoms with Crippen molar-refractivity contribution in [3.63, 3.8) is 0 Å².